The van der Waals surface area contributed by atoms with Gasteiger partial charge in [0.25, 0.3) is 5.91 Å². The number of amides is 1. The Morgan fingerprint density at radius 1 is 1.36 bits per heavy atom. The Kier molecular flexibility index (Phi) is 5.78. The van der Waals surface area contributed by atoms with Crippen molar-refractivity contribution in [2.45, 2.75) is 20.0 Å². The molecule has 0 saturated carbocycles. The second-order valence-electron chi connectivity index (χ2n) is 6.74. The molecule has 7 nitrogen and oxygen atoms in total. The quantitative estimate of drug-likeness (QED) is 0.857. The van der Waals surface area contributed by atoms with Crippen molar-refractivity contribution >= 4 is 5.91 Å². The number of morpholine rings is 1. The highest BCUT2D eigenvalue weighted by Gasteiger charge is 2.22. The Bertz CT molecular complexity index is 686. The van der Waals surface area contributed by atoms with Gasteiger partial charge < -0.3 is 10.1 Å². The summed E-state index contributed by atoms with van der Waals surface area (Å²) in [5.41, 5.74) is 1.17. The zero-order valence-corrected chi connectivity index (χ0v) is 14.8. The average molecular weight is 343 g/mol. The fourth-order valence-corrected chi connectivity index (χ4v) is 2.96. The Labute approximate surface area is 148 Å². The fraction of sp³-hybridized carbons (Fsp3) is 0.500. The lowest BCUT2D eigenvalue weighted by Gasteiger charge is -2.33. The summed E-state index contributed by atoms with van der Waals surface area (Å²) < 4.78 is 7.35. The summed E-state index contributed by atoms with van der Waals surface area (Å²) in [4.78, 5) is 14.7. The SMILES string of the molecule is CC(C)CN1CCO[C@@H](CNC(=O)c2cn(-c3ccccc3)nn2)C1. The number of benzene rings is 1. The lowest BCUT2D eigenvalue weighted by atomic mass is 10.2. The van der Waals surface area contributed by atoms with Crippen molar-refractivity contribution in [2.75, 3.05) is 32.8 Å². The van der Waals surface area contributed by atoms with E-state index in [2.05, 4.69) is 34.4 Å². The molecule has 1 atom stereocenters. The zero-order chi connectivity index (χ0) is 17.6. The summed E-state index contributed by atoms with van der Waals surface area (Å²) in [5.74, 6) is 0.396. The summed E-state index contributed by atoms with van der Waals surface area (Å²) in [7, 11) is 0. The number of hydrogen-bond donors (Lipinski definition) is 1. The minimum atomic E-state index is -0.230. The van der Waals surface area contributed by atoms with Crippen molar-refractivity contribution < 1.29 is 9.53 Å². The molecule has 2 heterocycles. The number of rotatable bonds is 6. The van der Waals surface area contributed by atoms with Gasteiger partial charge >= 0.3 is 0 Å². The first kappa shape index (κ1) is 17.6. The van der Waals surface area contributed by atoms with Crippen LogP contribution in [0.4, 0.5) is 0 Å². The summed E-state index contributed by atoms with van der Waals surface area (Å²) in [6, 6.07) is 9.59. The van der Waals surface area contributed by atoms with Crippen LogP contribution in [0.5, 0.6) is 0 Å². The van der Waals surface area contributed by atoms with E-state index in [0.717, 1.165) is 25.3 Å². The van der Waals surface area contributed by atoms with Crippen LogP contribution in [0.15, 0.2) is 36.5 Å². The van der Waals surface area contributed by atoms with Crippen LogP contribution >= 0.6 is 0 Å². The number of nitrogens with zero attached hydrogens (tertiary/aromatic N) is 4. The van der Waals surface area contributed by atoms with Crippen LogP contribution in [0.25, 0.3) is 5.69 Å². The van der Waals surface area contributed by atoms with Gasteiger partial charge in [-0.25, -0.2) is 4.68 Å². The fourth-order valence-electron chi connectivity index (χ4n) is 2.96. The van der Waals surface area contributed by atoms with E-state index in [1.54, 1.807) is 10.9 Å². The van der Waals surface area contributed by atoms with E-state index in [9.17, 15) is 4.79 Å². The Morgan fingerprint density at radius 2 is 2.16 bits per heavy atom. The van der Waals surface area contributed by atoms with E-state index < -0.39 is 0 Å². The number of ether oxygens (including phenoxy) is 1. The van der Waals surface area contributed by atoms with Gasteiger partial charge in [-0.15, -0.1) is 5.10 Å². The zero-order valence-electron chi connectivity index (χ0n) is 14.8. The normalized spacial score (nSPS) is 18.4. The van der Waals surface area contributed by atoms with Gasteiger partial charge in [0.2, 0.25) is 0 Å². The first-order valence-electron chi connectivity index (χ1n) is 8.71. The second-order valence-corrected chi connectivity index (χ2v) is 6.74. The number of carbonyl (C=O) groups is 1. The van der Waals surface area contributed by atoms with Gasteiger partial charge in [-0.05, 0) is 18.1 Å². The topological polar surface area (TPSA) is 72.3 Å². The first-order chi connectivity index (χ1) is 12.1. The maximum atomic E-state index is 12.3. The minimum Gasteiger partial charge on any atom is -0.374 e. The lowest BCUT2D eigenvalue weighted by Crippen LogP contribution is -2.48. The van der Waals surface area contributed by atoms with Gasteiger partial charge in [0, 0.05) is 26.2 Å². The third-order valence-electron chi connectivity index (χ3n) is 4.08. The predicted octanol–water partition coefficient (Wildman–Crippen LogP) is 1.35. The van der Waals surface area contributed by atoms with Crippen molar-refractivity contribution in [3.05, 3.63) is 42.2 Å². The molecule has 0 spiro atoms. The third-order valence-corrected chi connectivity index (χ3v) is 4.08. The highest BCUT2D eigenvalue weighted by atomic mass is 16.5. The standard InChI is InChI=1S/C18H25N5O2/c1-14(2)11-22-8-9-25-16(12-22)10-19-18(24)17-13-23(21-20-17)15-6-4-3-5-7-15/h3-7,13-14,16H,8-12H2,1-2H3,(H,19,24)/t16-/m0/s1. The van der Waals surface area contributed by atoms with Gasteiger partial charge in [0.05, 0.1) is 24.6 Å². The van der Waals surface area contributed by atoms with Gasteiger partial charge in [0.1, 0.15) is 0 Å². The molecule has 1 aromatic heterocycles. The Hall–Kier alpha value is -2.25. The molecule has 1 N–H and O–H groups in total. The molecule has 0 unspecified atom stereocenters. The molecule has 1 aliphatic heterocycles. The van der Waals surface area contributed by atoms with Crippen LogP contribution < -0.4 is 5.32 Å². The second kappa shape index (κ2) is 8.22. The predicted molar refractivity (Wildman–Crippen MR) is 94.7 cm³/mol. The summed E-state index contributed by atoms with van der Waals surface area (Å²) >= 11 is 0. The molecule has 1 saturated heterocycles. The van der Waals surface area contributed by atoms with Gasteiger partial charge in [-0.3, -0.25) is 9.69 Å². The minimum absolute atomic E-state index is 0.0145. The van der Waals surface area contributed by atoms with E-state index >= 15 is 0 Å². The van der Waals surface area contributed by atoms with Crippen LogP contribution in [-0.2, 0) is 4.74 Å². The van der Waals surface area contributed by atoms with Crippen LogP contribution in [0, 0.1) is 5.92 Å². The number of aromatic nitrogens is 3. The summed E-state index contributed by atoms with van der Waals surface area (Å²) in [6.07, 6.45) is 1.65. The van der Waals surface area contributed by atoms with E-state index in [0.29, 0.717) is 24.8 Å². The van der Waals surface area contributed by atoms with Crippen LogP contribution in [-0.4, -0.2) is 64.7 Å². The molecule has 1 aromatic carbocycles. The van der Waals surface area contributed by atoms with E-state index in [1.807, 2.05) is 30.3 Å². The lowest BCUT2D eigenvalue weighted by molar-refractivity contribution is -0.0295. The van der Waals surface area contributed by atoms with E-state index in [4.69, 9.17) is 4.74 Å². The maximum Gasteiger partial charge on any atom is 0.273 e. The van der Waals surface area contributed by atoms with Gasteiger partial charge in [0.15, 0.2) is 5.69 Å². The summed E-state index contributed by atoms with van der Waals surface area (Å²) in [6.45, 7) is 8.45. The molecule has 134 valence electrons. The smallest absolute Gasteiger partial charge is 0.273 e. The number of nitrogens with one attached hydrogen (secondary N) is 1. The van der Waals surface area contributed by atoms with Gasteiger partial charge in [-0.1, -0.05) is 37.3 Å². The van der Waals surface area contributed by atoms with Crippen molar-refractivity contribution in [1.29, 1.82) is 0 Å². The number of hydrogen-bond acceptors (Lipinski definition) is 5. The van der Waals surface area contributed by atoms with Crippen molar-refractivity contribution in [3.63, 3.8) is 0 Å². The molecule has 1 aliphatic rings. The molecular formula is C18H25N5O2. The van der Waals surface area contributed by atoms with E-state index in [1.165, 1.54) is 0 Å². The summed E-state index contributed by atoms with van der Waals surface area (Å²) in [5, 5.41) is 10.9. The largest absolute Gasteiger partial charge is 0.374 e. The Morgan fingerprint density at radius 3 is 2.92 bits per heavy atom. The van der Waals surface area contributed by atoms with Crippen LogP contribution in [0.3, 0.4) is 0 Å². The molecule has 1 fully saturated rings. The van der Waals surface area contributed by atoms with Crippen molar-refractivity contribution in [2.24, 2.45) is 5.92 Å². The van der Waals surface area contributed by atoms with E-state index in [-0.39, 0.29) is 12.0 Å². The molecule has 0 aliphatic carbocycles. The third kappa shape index (κ3) is 4.87. The maximum absolute atomic E-state index is 12.3. The molecule has 0 radical (unpaired) electrons. The van der Waals surface area contributed by atoms with Crippen LogP contribution in [0.2, 0.25) is 0 Å². The molecular weight excluding hydrogens is 318 g/mol. The molecule has 0 bridgehead atoms. The number of carbonyl (C=O) groups excluding carboxylic acids is 1. The highest BCUT2D eigenvalue weighted by Crippen LogP contribution is 2.08. The number of para-hydroxylation sites is 1. The molecule has 25 heavy (non-hydrogen) atoms. The highest BCUT2D eigenvalue weighted by molar-refractivity contribution is 5.91. The molecule has 3 rings (SSSR count). The molecule has 2 aromatic rings. The van der Waals surface area contributed by atoms with Crippen molar-refractivity contribution in [1.82, 2.24) is 25.2 Å². The first-order valence-corrected chi connectivity index (χ1v) is 8.71. The Balaban J connectivity index is 1.52. The van der Waals surface area contributed by atoms with Crippen LogP contribution in [0.1, 0.15) is 24.3 Å². The van der Waals surface area contributed by atoms with Crippen molar-refractivity contribution in [3.8, 4) is 5.69 Å². The molecule has 1 amide bonds. The van der Waals surface area contributed by atoms with Gasteiger partial charge in [-0.2, -0.15) is 0 Å². The average Bonchev–Trinajstić information content (AvgIpc) is 3.10. The monoisotopic (exact) mass is 343 g/mol. The molecule has 7 heteroatoms.